The SMILES string of the molecule is COc1ccc2[nH]c3c(c2c1)CCNC31CCC(O)(c2ccc(C(F)(F)F)cc2)C(CN(C)C)C1.O=C(O)CC(O)(CC(=O)O)C(=O)O. The molecule has 1 aliphatic heterocycles. The molecule has 15 heteroatoms. The molecule has 3 aromatic rings. The van der Waals surface area contributed by atoms with E-state index < -0.39 is 53.7 Å². The highest BCUT2D eigenvalue weighted by molar-refractivity contribution is 5.88. The quantitative estimate of drug-likeness (QED) is 0.175. The van der Waals surface area contributed by atoms with E-state index >= 15 is 0 Å². The molecule has 0 amide bonds. The smallest absolute Gasteiger partial charge is 0.416 e. The van der Waals surface area contributed by atoms with Gasteiger partial charge in [0.25, 0.3) is 0 Å². The number of carboxylic acid groups (broad SMARTS) is 3. The van der Waals surface area contributed by atoms with Gasteiger partial charge < -0.3 is 45.5 Å². The number of aromatic nitrogens is 1. The van der Waals surface area contributed by atoms with Crippen LogP contribution in [0.4, 0.5) is 13.2 Å². The van der Waals surface area contributed by atoms with Crippen LogP contribution < -0.4 is 10.1 Å². The number of benzene rings is 2. The van der Waals surface area contributed by atoms with Crippen molar-refractivity contribution in [2.75, 3.05) is 34.3 Å². The number of aliphatic hydroxyl groups is 2. The lowest BCUT2D eigenvalue weighted by molar-refractivity contribution is -0.170. The van der Waals surface area contributed by atoms with Crippen molar-refractivity contribution in [3.05, 3.63) is 64.8 Å². The second-order valence-corrected chi connectivity index (χ2v) is 12.8. The normalized spacial score (nSPS) is 22.6. The van der Waals surface area contributed by atoms with Gasteiger partial charge in [0.05, 0.1) is 36.7 Å². The van der Waals surface area contributed by atoms with Crippen molar-refractivity contribution in [2.45, 2.75) is 61.4 Å². The predicted octanol–water partition coefficient (Wildman–Crippen LogP) is 3.54. The second-order valence-electron chi connectivity index (χ2n) is 12.8. The van der Waals surface area contributed by atoms with E-state index in [1.165, 1.54) is 17.7 Å². The maximum atomic E-state index is 13.1. The number of rotatable bonds is 9. The van der Waals surface area contributed by atoms with Gasteiger partial charge in [-0.1, -0.05) is 12.1 Å². The molecule has 12 nitrogen and oxygen atoms in total. The number of alkyl halides is 3. The average Bonchev–Trinajstić information content (AvgIpc) is 3.37. The van der Waals surface area contributed by atoms with Gasteiger partial charge in [-0.15, -0.1) is 0 Å². The Kier molecular flexibility index (Phi) is 10.5. The Morgan fingerprint density at radius 3 is 2.15 bits per heavy atom. The fraction of sp³-hybridized carbons (Fsp3) is 0.485. The van der Waals surface area contributed by atoms with Gasteiger partial charge in [-0.05, 0) is 81.2 Å². The predicted molar refractivity (Wildman–Crippen MR) is 167 cm³/mol. The van der Waals surface area contributed by atoms with Crippen LogP contribution in [-0.4, -0.2) is 93.2 Å². The van der Waals surface area contributed by atoms with E-state index in [-0.39, 0.29) is 11.5 Å². The number of nitrogens with one attached hydrogen (secondary N) is 2. The fourth-order valence-corrected chi connectivity index (χ4v) is 6.92. The van der Waals surface area contributed by atoms with Gasteiger partial charge in [-0.2, -0.15) is 13.2 Å². The Morgan fingerprint density at radius 1 is 1.00 bits per heavy atom. The van der Waals surface area contributed by atoms with Gasteiger partial charge >= 0.3 is 24.1 Å². The number of ether oxygens (including phenoxy) is 1. The van der Waals surface area contributed by atoms with Crippen LogP contribution in [0.5, 0.6) is 5.75 Å². The molecule has 1 spiro atoms. The molecule has 2 aromatic carbocycles. The maximum Gasteiger partial charge on any atom is 0.416 e. The molecule has 1 aliphatic carbocycles. The van der Waals surface area contributed by atoms with Crippen LogP contribution in [-0.2, 0) is 38.1 Å². The van der Waals surface area contributed by atoms with E-state index in [0.29, 0.717) is 31.4 Å². The number of carboxylic acids is 3. The zero-order chi connectivity index (χ0) is 35.7. The van der Waals surface area contributed by atoms with Crippen LogP contribution in [0, 0.1) is 5.92 Å². The third-order valence-corrected chi connectivity index (χ3v) is 9.22. The first-order valence-corrected chi connectivity index (χ1v) is 15.2. The molecule has 0 saturated heterocycles. The molecule has 1 saturated carbocycles. The number of H-pyrrole nitrogens is 1. The molecular formula is C33H40F3N3O9. The molecule has 3 atom stereocenters. The molecule has 5 rings (SSSR count). The summed E-state index contributed by atoms with van der Waals surface area (Å²) in [7, 11) is 5.59. The van der Waals surface area contributed by atoms with Crippen molar-refractivity contribution in [1.82, 2.24) is 15.2 Å². The summed E-state index contributed by atoms with van der Waals surface area (Å²) in [5.74, 6) is -4.38. The van der Waals surface area contributed by atoms with Gasteiger partial charge in [0.2, 0.25) is 0 Å². The number of hydrogen-bond acceptors (Lipinski definition) is 8. The number of fused-ring (bicyclic) bond motifs is 4. The summed E-state index contributed by atoms with van der Waals surface area (Å²) in [6, 6.07) is 11.1. The van der Waals surface area contributed by atoms with Gasteiger partial charge in [0.15, 0.2) is 5.60 Å². The highest BCUT2D eigenvalue weighted by atomic mass is 19.4. The third-order valence-electron chi connectivity index (χ3n) is 9.22. The lowest BCUT2D eigenvalue weighted by atomic mass is 9.62. The molecule has 3 unspecified atom stereocenters. The van der Waals surface area contributed by atoms with E-state index in [9.17, 15) is 32.7 Å². The first kappa shape index (κ1) is 36.7. The van der Waals surface area contributed by atoms with Crippen molar-refractivity contribution < 1.29 is 57.8 Å². The largest absolute Gasteiger partial charge is 0.497 e. The monoisotopic (exact) mass is 679 g/mol. The number of aromatic amines is 1. The second kappa shape index (κ2) is 13.7. The van der Waals surface area contributed by atoms with E-state index in [1.54, 1.807) is 7.11 Å². The first-order chi connectivity index (χ1) is 22.3. The van der Waals surface area contributed by atoms with E-state index in [1.807, 2.05) is 31.1 Å². The molecule has 262 valence electrons. The Balaban J connectivity index is 0.000000341. The third kappa shape index (κ3) is 7.59. The van der Waals surface area contributed by atoms with Crippen LogP contribution in [0.2, 0.25) is 0 Å². The topological polar surface area (TPSA) is 193 Å². The zero-order valence-electron chi connectivity index (χ0n) is 26.7. The van der Waals surface area contributed by atoms with Gasteiger partial charge in [-0.3, -0.25) is 9.59 Å². The molecule has 7 N–H and O–H groups in total. The maximum absolute atomic E-state index is 13.1. The molecule has 0 bridgehead atoms. The average molecular weight is 680 g/mol. The summed E-state index contributed by atoms with van der Waals surface area (Å²) in [6.45, 7) is 1.44. The van der Waals surface area contributed by atoms with Crippen molar-refractivity contribution in [1.29, 1.82) is 0 Å². The summed E-state index contributed by atoms with van der Waals surface area (Å²) >= 11 is 0. The summed E-state index contributed by atoms with van der Waals surface area (Å²) in [4.78, 5) is 36.2. The van der Waals surface area contributed by atoms with E-state index in [0.717, 1.165) is 47.4 Å². The minimum Gasteiger partial charge on any atom is -0.497 e. The Morgan fingerprint density at radius 2 is 1.62 bits per heavy atom. The number of aliphatic carboxylic acids is 3. The molecule has 2 aliphatic rings. The molecule has 1 aromatic heterocycles. The molecule has 0 radical (unpaired) electrons. The number of methoxy groups -OCH3 is 1. The standard InChI is InChI=1S/C27H32F3N3O2.C6H8O7/c1-33(2)16-19-15-25(11-12-26(19,34)17-4-6-18(7-5-17)27(28,29)30)24-21(10-13-31-25)22-14-20(35-3)8-9-23(22)32-24;7-3(8)1-6(13,5(11)12)2-4(9)10/h4-9,14,19,31-32,34H,10-13,15-16H2,1-3H3;13H,1-2H2,(H,7,8)(H,9,10)(H,11,12). The van der Waals surface area contributed by atoms with Crippen molar-refractivity contribution in [3.63, 3.8) is 0 Å². The van der Waals surface area contributed by atoms with E-state index in [2.05, 4.69) is 16.4 Å². The number of hydrogen-bond donors (Lipinski definition) is 7. The van der Waals surface area contributed by atoms with Crippen molar-refractivity contribution >= 4 is 28.8 Å². The Hall–Kier alpha value is -4.18. The minimum atomic E-state index is -4.40. The number of halogens is 3. The summed E-state index contributed by atoms with van der Waals surface area (Å²) in [6.07, 6.45) is -4.01. The van der Waals surface area contributed by atoms with Crippen LogP contribution in [0.1, 0.15) is 54.5 Å². The van der Waals surface area contributed by atoms with E-state index in [4.69, 9.17) is 25.2 Å². The summed E-state index contributed by atoms with van der Waals surface area (Å²) in [5.41, 5.74) is -0.944. The molecule has 2 heterocycles. The highest BCUT2D eigenvalue weighted by Crippen LogP contribution is 2.52. The van der Waals surface area contributed by atoms with Crippen molar-refractivity contribution in [3.8, 4) is 5.75 Å². The van der Waals surface area contributed by atoms with Crippen LogP contribution >= 0.6 is 0 Å². The van der Waals surface area contributed by atoms with Gasteiger partial charge in [0.1, 0.15) is 5.75 Å². The molecule has 48 heavy (non-hydrogen) atoms. The van der Waals surface area contributed by atoms with Gasteiger partial charge in [0, 0.05) is 35.6 Å². The zero-order valence-corrected chi connectivity index (χ0v) is 26.7. The van der Waals surface area contributed by atoms with Crippen LogP contribution in [0.25, 0.3) is 10.9 Å². The molecular weight excluding hydrogens is 639 g/mol. The lowest BCUT2D eigenvalue weighted by Crippen LogP contribution is -2.57. The van der Waals surface area contributed by atoms with Gasteiger partial charge in [-0.25, -0.2) is 4.79 Å². The highest BCUT2D eigenvalue weighted by Gasteiger charge is 2.52. The number of nitrogens with zero attached hydrogens (tertiary/aromatic N) is 1. The van der Waals surface area contributed by atoms with Crippen molar-refractivity contribution in [2.24, 2.45) is 5.92 Å². The minimum absolute atomic E-state index is 0.178. The lowest BCUT2D eigenvalue weighted by Gasteiger charge is -2.51. The first-order valence-electron chi connectivity index (χ1n) is 15.2. The van der Waals surface area contributed by atoms with Crippen LogP contribution in [0.15, 0.2) is 42.5 Å². The van der Waals surface area contributed by atoms with Crippen LogP contribution in [0.3, 0.4) is 0 Å². The summed E-state index contributed by atoms with van der Waals surface area (Å²) < 4.78 is 44.8. The summed E-state index contributed by atoms with van der Waals surface area (Å²) in [5, 5.41) is 50.7. The molecule has 1 fully saturated rings. The fourth-order valence-electron chi connectivity index (χ4n) is 6.92. The Labute approximate surface area is 274 Å². The number of carbonyl (C=O) groups is 3. The Bertz CT molecular complexity index is 1640.